The van der Waals surface area contributed by atoms with Crippen LogP contribution < -0.4 is 20.7 Å². The van der Waals surface area contributed by atoms with Crippen LogP contribution in [0.2, 0.25) is 0 Å². The quantitative estimate of drug-likeness (QED) is 0.357. The van der Waals surface area contributed by atoms with Gasteiger partial charge in [-0.1, -0.05) is 36.4 Å². The number of nitrogens with one attached hydrogen (secondary N) is 3. The summed E-state index contributed by atoms with van der Waals surface area (Å²) in [6.07, 6.45) is -2.81. The molecule has 0 bridgehead atoms. The van der Waals surface area contributed by atoms with Gasteiger partial charge in [-0.3, -0.25) is 24.0 Å². The number of nitrogens with zero attached hydrogens (tertiary/aromatic N) is 1. The minimum Gasteiger partial charge on any atom is -0.483 e. The predicted molar refractivity (Wildman–Crippen MR) is 145 cm³/mol. The average Bonchev–Trinajstić information content (AvgIpc) is 3.72. The van der Waals surface area contributed by atoms with Crippen molar-refractivity contribution in [2.45, 2.75) is 63.0 Å². The van der Waals surface area contributed by atoms with Crippen LogP contribution in [0, 0.1) is 5.92 Å². The Balaban J connectivity index is 1.35. The topological polar surface area (TPSA) is 134 Å². The molecule has 1 saturated heterocycles. The van der Waals surface area contributed by atoms with E-state index in [-0.39, 0.29) is 31.3 Å². The molecule has 2 fully saturated rings. The highest BCUT2D eigenvalue weighted by Crippen LogP contribution is 2.36. The van der Waals surface area contributed by atoms with Gasteiger partial charge in [-0.2, -0.15) is 13.2 Å². The second-order valence-corrected chi connectivity index (χ2v) is 11.0. The molecule has 228 valence electrons. The molecule has 0 unspecified atom stereocenters. The number of amides is 4. The summed E-state index contributed by atoms with van der Waals surface area (Å²) in [5.74, 6) is -4.61. The molecule has 3 atom stereocenters. The van der Waals surface area contributed by atoms with Crippen LogP contribution in [-0.4, -0.2) is 65.6 Å². The van der Waals surface area contributed by atoms with E-state index in [0.717, 1.165) is 36.1 Å². The van der Waals surface area contributed by atoms with Gasteiger partial charge in [0.2, 0.25) is 17.6 Å². The van der Waals surface area contributed by atoms with Gasteiger partial charge < -0.3 is 25.6 Å². The fraction of sp³-hybridized carbons (Fsp3) is 0.433. The third kappa shape index (κ3) is 7.15. The molecule has 0 aromatic heterocycles. The molecule has 13 heteroatoms. The van der Waals surface area contributed by atoms with Crippen LogP contribution in [0.1, 0.15) is 42.4 Å². The Morgan fingerprint density at radius 3 is 2.37 bits per heavy atom. The normalized spacial score (nSPS) is 20.4. The van der Waals surface area contributed by atoms with Crippen molar-refractivity contribution in [3.8, 4) is 5.75 Å². The van der Waals surface area contributed by atoms with E-state index >= 15 is 0 Å². The van der Waals surface area contributed by atoms with Crippen molar-refractivity contribution >= 4 is 29.4 Å². The van der Waals surface area contributed by atoms with Crippen LogP contribution in [-0.2, 0) is 43.1 Å². The minimum absolute atomic E-state index is 0.0246. The molecule has 1 aliphatic carbocycles. The minimum atomic E-state index is -4.70. The van der Waals surface area contributed by atoms with Crippen LogP contribution in [0.15, 0.2) is 48.5 Å². The number of carbonyl (C=O) groups is 5. The molecule has 43 heavy (non-hydrogen) atoms. The van der Waals surface area contributed by atoms with Gasteiger partial charge in [-0.05, 0) is 48.9 Å². The number of Topliss-reactive ketones (excluding diaryl/α,β-unsaturated/α-hetero) is 1. The van der Waals surface area contributed by atoms with Gasteiger partial charge in [-0.15, -0.1) is 0 Å². The van der Waals surface area contributed by atoms with E-state index in [1.165, 1.54) is 17.0 Å². The Morgan fingerprint density at radius 1 is 1.00 bits per heavy atom. The van der Waals surface area contributed by atoms with Crippen LogP contribution >= 0.6 is 0 Å². The summed E-state index contributed by atoms with van der Waals surface area (Å²) in [6.45, 7) is -0.387. The van der Waals surface area contributed by atoms with Crippen molar-refractivity contribution in [2.75, 3.05) is 13.2 Å². The van der Waals surface area contributed by atoms with E-state index in [0.29, 0.717) is 13.0 Å². The molecule has 0 radical (unpaired) electrons. The number of alkyl halides is 3. The fourth-order valence-electron chi connectivity index (χ4n) is 5.36. The van der Waals surface area contributed by atoms with E-state index in [1.807, 2.05) is 0 Å². The van der Waals surface area contributed by atoms with Crippen LogP contribution in [0.25, 0.3) is 0 Å². The first-order valence-electron chi connectivity index (χ1n) is 14.1. The van der Waals surface area contributed by atoms with E-state index in [1.54, 1.807) is 24.3 Å². The maximum absolute atomic E-state index is 13.7. The summed E-state index contributed by atoms with van der Waals surface area (Å²) in [5.41, 5.74) is 0.483. The molecule has 1 saturated carbocycles. The molecule has 3 N–H and O–H groups in total. The highest BCUT2D eigenvalue weighted by molar-refractivity contribution is 6.38. The largest absolute Gasteiger partial charge is 0.483 e. The summed E-state index contributed by atoms with van der Waals surface area (Å²) in [7, 11) is 0. The fourth-order valence-corrected chi connectivity index (χ4v) is 5.36. The Kier molecular flexibility index (Phi) is 8.69. The highest BCUT2D eigenvalue weighted by atomic mass is 19.4. The smallest absolute Gasteiger partial charge is 0.419 e. The lowest BCUT2D eigenvalue weighted by atomic mass is 9.92. The maximum atomic E-state index is 13.7. The van der Waals surface area contributed by atoms with Gasteiger partial charge >= 0.3 is 6.18 Å². The Morgan fingerprint density at radius 2 is 1.70 bits per heavy atom. The zero-order valence-electron chi connectivity index (χ0n) is 23.1. The lowest BCUT2D eigenvalue weighted by molar-refractivity contribution is -0.146. The number of benzene rings is 2. The number of rotatable bonds is 10. The van der Waals surface area contributed by atoms with Crippen molar-refractivity contribution < 1.29 is 41.9 Å². The molecule has 3 aliphatic rings. The van der Waals surface area contributed by atoms with Gasteiger partial charge in [-0.25, -0.2) is 0 Å². The zero-order chi connectivity index (χ0) is 30.7. The molecular formula is C30H31F3N4O6. The first-order chi connectivity index (χ1) is 20.5. The summed E-state index contributed by atoms with van der Waals surface area (Å²) < 4.78 is 45.6. The number of halogens is 3. The summed E-state index contributed by atoms with van der Waals surface area (Å²) >= 11 is 0. The lowest BCUT2D eigenvalue weighted by Gasteiger charge is -2.36. The molecule has 0 spiro atoms. The number of ketones is 1. The van der Waals surface area contributed by atoms with Crippen molar-refractivity contribution in [1.82, 2.24) is 20.9 Å². The van der Waals surface area contributed by atoms with E-state index in [4.69, 9.17) is 4.74 Å². The van der Waals surface area contributed by atoms with E-state index < -0.39 is 65.6 Å². The molecule has 4 amide bonds. The summed E-state index contributed by atoms with van der Waals surface area (Å²) in [6, 6.07) is 9.04. The van der Waals surface area contributed by atoms with Crippen molar-refractivity contribution in [2.24, 2.45) is 5.92 Å². The van der Waals surface area contributed by atoms with Crippen LogP contribution in [0.3, 0.4) is 0 Å². The summed E-state index contributed by atoms with van der Waals surface area (Å²) in [4.78, 5) is 66.4. The van der Waals surface area contributed by atoms with Gasteiger partial charge in [0.25, 0.3) is 11.8 Å². The number of ether oxygens (including phenoxy) is 1. The van der Waals surface area contributed by atoms with Gasteiger partial charge in [0, 0.05) is 31.5 Å². The van der Waals surface area contributed by atoms with Gasteiger partial charge in [0.1, 0.15) is 11.8 Å². The van der Waals surface area contributed by atoms with E-state index in [2.05, 4.69) is 16.0 Å². The monoisotopic (exact) mass is 600 g/mol. The van der Waals surface area contributed by atoms with Crippen LogP contribution in [0.5, 0.6) is 5.75 Å². The number of carbonyl (C=O) groups excluding carboxylic acids is 5. The molecule has 5 rings (SSSR count). The Bertz CT molecular complexity index is 1430. The maximum Gasteiger partial charge on any atom is 0.419 e. The first-order valence-corrected chi connectivity index (χ1v) is 14.1. The van der Waals surface area contributed by atoms with Crippen molar-refractivity contribution in [3.63, 3.8) is 0 Å². The Hall–Kier alpha value is -4.42. The number of fused-ring (bicyclic) bond motifs is 1. The molecule has 2 heterocycles. The second kappa shape index (κ2) is 12.4. The van der Waals surface area contributed by atoms with E-state index in [9.17, 15) is 37.1 Å². The van der Waals surface area contributed by atoms with Crippen molar-refractivity contribution in [3.05, 3.63) is 65.2 Å². The molecule has 10 nitrogen and oxygen atoms in total. The Labute approximate surface area is 245 Å². The second-order valence-electron chi connectivity index (χ2n) is 11.0. The SMILES string of the molecule is O=C(NC1CC1)C(=O)[C@H](C[C@@H]1CCNC1=O)NC(=O)[C@@H]1Cc2ccccc2CN1C(=O)COc1ccccc1C(F)(F)F. The standard InChI is InChI=1S/C30H31F3N4O6/c31-30(32,33)21-7-3-4-8-24(21)43-16-25(38)37-15-19-6-2-1-5-17(19)14-23(37)28(41)36-22(13-18-11-12-34-27(18)40)26(39)29(42)35-20-9-10-20/h1-8,18,20,22-23H,9-16H2,(H,34,40)(H,35,42)(H,36,41)/t18-,22-,23-/m0/s1. The molecule has 2 aromatic carbocycles. The highest BCUT2D eigenvalue weighted by Gasteiger charge is 2.40. The number of hydrogen-bond acceptors (Lipinski definition) is 6. The lowest BCUT2D eigenvalue weighted by Crippen LogP contribution is -2.57. The first kappa shape index (κ1) is 30.1. The number of para-hydroxylation sites is 1. The number of hydrogen-bond donors (Lipinski definition) is 3. The van der Waals surface area contributed by atoms with Gasteiger partial charge in [0.05, 0.1) is 11.6 Å². The van der Waals surface area contributed by atoms with Gasteiger partial charge in [0.15, 0.2) is 6.61 Å². The molecular weight excluding hydrogens is 569 g/mol. The summed E-state index contributed by atoms with van der Waals surface area (Å²) in [5, 5.41) is 7.90. The molecule has 2 aliphatic heterocycles. The average molecular weight is 601 g/mol. The predicted octanol–water partition coefficient (Wildman–Crippen LogP) is 1.90. The third-order valence-corrected chi connectivity index (χ3v) is 7.87. The van der Waals surface area contributed by atoms with Crippen molar-refractivity contribution in [1.29, 1.82) is 0 Å². The zero-order valence-corrected chi connectivity index (χ0v) is 23.1. The molecule has 2 aromatic rings. The third-order valence-electron chi connectivity index (χ3n) is 7.87. The van der Waals surface area contributed by atoms with Crippen LogP contribution in [0.4, 0.5) is 13.2 Å².